The van der Waals surface area contributed by atoms with Crippen LogP contribution in [-0.2, 0) is 4.79 Å². The summed E-state index contributed by atoms with van der Waals surface area (Å²) in [4.78, 5) is 14.2. The monoisotopic (exact) mass is 303 g/mol. The molecule has 20 heavy (non-hydrogen) atoms. The summed E-state index contributed by atoms with van der Waals surface area (Å²) in [5.74, 6) is 0.445. The molecule has 0 atom stereocenters. The number of hydrogen-bond acceptors (Lipinski definition) is 3. The molecule has 2 aromatic carbocycles. The standard InChI is InChI=1S/C16H17NOS2/c1-12-3-7-15(8-4-12)20-11-16(18)17-13-5-9-14(19-2)10-6-13/h3-10H,11H2,1-2H3,(H,17,18). The summed E-state index contributed by atoms with van der Waals surface area (Å²) in [7, 11) is 0. The van der Waals surface area contributed by atoms with Gasteiger partial charge in [-0.1, -0.05) is 17.7 Å². The highest BCUT2D eigenvalue weighted by molar-refractivity contribution is 8.00. The Hall–Kier alpha value is -1.39. The topological polar surface area (TPSA) is 29.1 Å². The van der Waals surface area contributed by atoms with Crippen LogP contribution in [0.4, 0.5) is 5.69 Å². The lowest BCUT2D eigenvalue weighted by atomic mass is 10.2. The minimum Gasteiger partial charge on any atom is -0.325 e. The van der Waals surface area contributed by atoms with Gasteiger partial charge in [0, 0.05) is 15.5 Å². The van der Waals surface area contributed by atoms with Gasteiger partial charge in [0.25, 0.3) is 0 Å². The fraction of sp³-hybridized carbons (Fsp3) is 0.188. The van der Waals surface area contributed by atoms with E-state index in [-0.39, 0.29) is 5.91 Å². The summed E-state index contributed by atoms with van der Waals surface area (Å²) in [6.45, 7) is 2.05. The van der Waals surface area contributed by atoms with E-state index in [1.165, 1.54) is 10.5 Å². The van der Waals surface area contributed by atoms with Crippen LogP contribution in [-0.4, -0.2) is 17.9 Å². The zero-order valence-corrected chi connectivity index (χ0v) is 13.2. The van der Waals surface area contributed by atoms with Crippen molar-refractivity contribution in [1.29, 1.82) is 0 Å². The van der Waals surface area contributed by atoms with Crippen molar-refractivity contribution in [2.45, 2.75) is 16.7 Å². The molecule has 0 saturated carbocycles. The maximum atomic E-state index is 11.9. The maximum absolute atomic E-state index is 11.9. The van der Waals surface area contributed by atoms with Crippen molar-refractivity contribution in [2.75, 3.05) is 17.3 Å². The van der Waals surface area contributed by atoms with Gasteiger partial charge in [-0.25, -0.2) is 0 Å². The van der Waals surface area contributed by atoms with Crippen LogP contribution in [0.25, 0.3) is 0 Å². The number of thioether (sulfide) groups is 2. The number of carbonyl (C=O) groups excluding carboxylic acids is 1. The van der Waals surface area contributed by atoms with Crippen LogP contribution >= 0.6 is 23.5 Å². The molecule has 0 radical (unpaired) electrons. The highest BCUT2D eigenvalue weighted by Gasteiger charge is 2.03. The zero-order chi connectivity index (χ0) is 14.4. The fourth-order valence-corrected chi connectivity index (χ4v) is 2.76. The molecule has 0 unspecified atom stereocenters. The first-order valence-corrected chi connectivity index (χ1v) is 8.52. The second-order valence-corrected chi connectivity index (χ2v) is 6.31. The number of benzene rings is 2. The van der Waals surface area contributed by atoms with Crippen molar-refractivity contribution in [3.63, 3.8) is 0 Å². The Morgan fingerprint density at radius 2 is 1.60 bits per heavy atom. The second kappa shape index (κ2) is 7.41. The van der Waals surface area contributed by atoms with E-state index < -0.39 is 0 Å². The van der Waals surface area contributed by atoms with Crippen LogP contribution in [0, 0.1) is 6.92 Å². The van der Waals surface area contributed by atoms with Crippen LogP contribution in [0.15, 0.2) is 58.3 Å². The Morgan fingerprint density at radius 3 is 2.20 bits per heavy atom. The molecular weight excluding hydrogens is 286 g/mol. The van der Waals surface area contributed by atoms with Gasteiger partial charge >= 0.3 is 0 Å². The number of nitrogens with one attached hydrogen (secondary N) is 1. The molecule has 0 heterocycles. The molecule has 0 aromatic heterocycles. The predicted molar refractivity (Wildman–Crippen MR) is 88.8 cm³/mol. The Bertz CT molecular complexity index is 564. The van der Waals surface area contributed by atoms with Crippen LogP contribution < -0.4 is 5.32 Å². The van der Waals surface area contributed by atoms with Crippen LogP contribution in [0.1, 0.15) is 5.56 Å². The fourth-order valence-electron chi connectivity index (χ4n) is 1.65. The molecule has 2 aromatic rings. The van der Waals surface area contributed by atoms with Crippen molar-refractivity contribution in [3.8, 4) is 0 Å². The van der Waals surface area contributed by atoms with Crippen molar-refractivity contribution in [1.82, 2.24) is 0 Å². The second-order valence-electron chi connectivity index (χ2n) is 4.38. The molecule has 1 N–H and O–H groups in total. The first kappa shape index (κ1) is 15.0. The highest BCUT2D eigenvalue weighted by Crippen LogP contribution is 2.20. The Morgan fingerprint density at radius 1 is 1.00 bits per heavy atom. The van der Waals surface area contributed by atoms with Crippen LogP contribution in [0.3, 0.4) is 0 Å². The highest BCUT2D eigenvalue weighted by atomic mass is 32.2. The van der Waals surface area contributed by atoms with Gasteiger partial charge in [0.05, 0.1) is 5.75 Å². The van der Waals surface area contributed by atoms with E-state index in [2.05, 4.69) is 24.4 Å². The van der Waals surface area contributed by atoms with E-state index in [1.807, 2.05) is 42.7 Å². The Labute approximate surface area is 128 Å². The number of aryl methyl sites for hydroxylation is 1. The van der Waals surface area contributed by atoms with Crippen molar-refractivity contribution in [3.05, 3.63) is 54.1 Å². The lowest BCUT2D eigenvalue weighted by molar-refractivity contribution is -0.113. The van der Waals surface area contributed by atoms with Crippen LogP contribution in [0.2, 0.25) is 0 Å². The molecule has 2 rings (SSSR count). The summed E-state index contributed by atoms with van der Waals surface area (Å²) in [5.41, 5.74) is 2.07. The third-order valence-corrected chi connectivity index (χ3v) is 4.52. The lowest BCUT2D eigenvalue weighted by Crippen LogP contribution is -2.13. The summed E-state index contributed by atoms with van der Waals surface area (Å²) >= 11 is 3.24. The third kappa shape index (κ3) is 4.62. The SMILES string of the molecule is CSc1ccc(NC(=O)CSc2ccc(C)cc2)cc1. The molecule has 0 aliphatic heterocycles. The molecule has 0 aliphatic carbocycles. The molecule has 0 aliphatic rings. The Kier molecular flexibility index (Phi) is 5.56. The van der Waals surface area contributed by atoms with Crippen molar-refractivity contribution >= 4 is 35.1 Å². The molecule has 104 valence electrons. The van der Waals surface area contributed by atoms with Gasteiger partial charge in [0.2, 0.25) is 5.91 Å². The normalized spacial score (nSPS) is 10.3. The average molecular weight is 303 g/mol. The molecule has 1 amide bonds. The van der Waals surface area contributed by atoms with Gasteiger partial charge in [-0.15, -0.1) is 23.5 Å². The van der Waals surface area contributed by atoms with E-state index in [4.69, 9.17) is 0 Å². The van der Waals surface area contributed by atoms with Crippen molar-refractivity contribution in [2.24, 2.45) is 0 Å². The number of rotatable bonds is 5. The number of amides is 1. The number of hydrogen-bond donors (Lipinski definition) is 1. The van der Waals surface area contributed by atoms with E-state index in [0.717, 1.165) is 10.6 Å². The summed E-state index contributed by atoms with van der Waals surface area (Å²) < 4.78 is 0. The van der Waals surface area contributed by atoms with Gasteiger partial charge in [0.1, 0.15) is 0 Å². The average Bonchev–Trinajstić information content (AvgIpc) is 2.47. The maximum Gasteiger partial charge on any atom is 0.234 e. The van der Waals surface area contributed by atoms with E-state index >= 15 is 0 Å². The third-order valence-electron chi connectivity index (χ3n) is 2.76. The first-order chi connectivity index (χ1) is 9.67. The minimum atomic E-state index is 0.0208. The molecule has 0 spiro atoms. The summed E-state index contributed by atoms with van der Waals surface area (Å²) in [6, 6.07) is 16.1. The van der Waals surface area contributed by atoms with Crippen LogP contribution in [0.5, 0.6) is 0 Å². The van der Waals surface area contributed by atoms with Gasteiger partial charge in [-0.3, -0.25) is 4.79 Å². The number of carbonyl (C=O) groups is 1. The van der Waals surface area contributed by atoms with Gasteiger partial charge in [-0.05, 0) is 49.6 Å². The minimum absolute atomic E-state index is 0.0208. The Balaban J connectivity index is 1.84. The van der Waals surface area contributed by atoms with Gasteiger partial charge in [0.15, 0.2) is 0 Å². The number of anilines is 1. The van der Waals surface area contributed by atoms with Gasteiger partial charge < -0.3 is 5.32 Å². The van der Waals surface area contributed by atoms with E-state index in [1.54, 1.807) is 23.5 Å². The van der Waals surface area contributed by atoms with E-state index in [0.29, 0.717) is 5.75 Å². The quantitative estimate of drug-likeness (QED) is 0.828. The van der Waals surface area contributed by atoms with Crippen molar-refractivity contribution < 1.29 is 4.79 Å². The smallest absolute Gasteiger partial charge is 0.234 e. The molecule has 4 heteroatoms. The molecule has 2 nitrogen and oxygen atoms in total. The largest absolute Gasteiger partial charge is 0.325 e. The zero-order valence-electron chi connectivity index (χ0n) is 11.6. The molecular formula is C16H17NOS2. The molecule has 0 fully saturated rings. The van der Waals surface area contributed by atoms with E-state index in [9.17, 15) is 4.79 Å². The predicted octanol–water partition coefficient (Wildman–Crippen LogP) is 4.45. The lowest BCUT2D eigenvalue weighted by Gasteiger charge is -2.06. The molecule has 0 saturated heterocycles. The molecule has 0 bridgehead atoms. The summed E-state index contributed by atoms with van der Waals surface area (Å²) in [6.07, 6.45) is 2.03. The summed E-state index contributed by atoms with van der Waals surface area (Å²) in [5, 5.41) is 2.91. The first-order valence-electron chi connectivity index (χ1n) is 6.31. The van der Waals surface area contributed by atoms with Gasteiger partial charge in [-0.2, -0.15) is 0 Å².